The van der Waals surface area contributed by atoms with Crippen LogP contribution in [0.5, 0.6) is 0 Å². The summed E-state index contributed by atoms with van der Waals surface area (Å²) in [5.41, 5.74) is 1.89. The fraction of sp³-hybridized carbons (Fsp3) is 0.154. The van der Waals surface area contributed by atoms with Crippen LogP contribution in [0.25, 0.3) is 0 Å². The number of benzene rings is 1. The van der Waals surface area contributed by atoms with Crippen molar-refractivity contribution in [3.8, 4) is 0 Å². The zero-order chi connectivity index (χ0) is 12.1. The van der Waals surface area contributed by atoms with Crippen molar-refractivity contribution < 1.29 is 4.79 Å². The van der Waals surface area contributed by atoms with Crippen molar-refractivity contribution in [1.82, 2.24) is 5.32 Å². The van der Waals surface area contributed by atoms with Crippen molar-refractivity contribution in [2.45, 2.75) is 4.83 Å². The minimum absolute atomic E-state index is 0.0216. The van der Waals surface area contributed by atoms with E-state index in [0.717, 1.165) is 11.1 Å². The SMILES string of the molecule is O=C(NCC(Br)c1ccccc1)c1ccsc1. The molecular weight excluding hydrogens is 298 g/mol. The molecule has 2 nitrogen and oxygen atoms in total. The Hall–Kier alpha value is -1.13. The normalized spacial score (nSPS) is 12.1. The molecule has 17 heavy (non-hydrogen) atoms. The predicted octanol–water partition coefficient (Wildman–Crippen LogP) is 3.61. The maximum atomic E-state index is 11.7. The lowest BCUT2D eigenvalue weighted by Crippen LogP contribution is -2.26. The number of rotatable bonds is 4. The van der Waals surface area contributed by atoms with E-state index in [1.54, 1.807) is 0 Å². The fourth-order valence-corrected chi connectivity index (χ4v) is 2.56. The van der Waals surface area contributed by atoms with Gasteiger partial charge in [-0.1, -0.05) is 46.3 Å². The van der Waals surface area contributed by atoms with Crippen LogP contribution in [0.4, 0.5) is 0 Å². The fourth-order valence-electron chi connectivity index (χ4n) is 1.46. The van der Waals surface area contributed by atoms with Gasteiger partial charge in [-0.2, -0.15) is 11.3 Å². The molecule has 0 bridgehead atoms. The number of amides is 1. The second-order valence-corrected chi connectivity index (χ2v) is 5.49. The molecule has 1 atom stereocenters. The molecule has 0 fully saturated rings. The summed E-state index contributed by atoms with van der Waals surface area (Å²) in [5, 5.41) is 6.65. The lowest BCUT2D eigenvalue weighted by atomic mass is 10.1. The highest BCUT2D eigenvalue weighted by Crippen LogP contribution is 2.21. The molecule has 2 aromatic rings. The number of thiophene rings is 1. The first kappa shape index (κ1) is 12.3. The molecule has 2 rings (SSSR count). The number of nitrogens with one attached hydrogen (secondary N) is 1. The summed E-state index contributed by atoms with van der Waals surface area (Å²) in [5.74, 6) is -0.0216. The van der Waals surface area contributed by atoms with Crippen molar-refractivity contribution in [1.29, 1.82) is 0 Å². The van der Waals surface area contributed by atoms with E-state index in [9.17, 15) is 4.79 Å². The average Bonchev–Trinajstić information content (AvgIpc) is 2.90. The van der Waals surface area contributed by atoms with Crippen LogP contribution in [0.1, 0.15) is 20.7 Å². The van der Waals surface area contributed by atoms with Crippen molar-refractivity contribution >= 4 is 33.2 Å². The minimum Gasteiger partial charge on any atom is -0.351 e. The first-order chi connectivity index (χ1) is 8.27. The van der Waals surface area contributed by atoms with Gasteiger partial charge >= 0.3 is 0 Å². The van der Waals surface area contributed by atoms with E-state index < -0.39 is 0 Å². The molecule has 0 aliphatic rings. The lowest BCUT2D eigenvalue weighted by Gasteiger charge is -2.10. The maximum Gasteiger partial charge on any atom is 0.252 e. The van der Waals surface area contributed by atoms with Crippen LogP contribution in [-0.2, 0) is 0 Å². The smallest absolute Gasteiger partial charge is 0.252 e. The monoisotopic (exact) mass is 309 g/mol. The van der Waals surface area contributed by atoms with E-state index in [1.165, 1.54) is 11.3 Å². The lowest BCUT2D eigenvalue weighted by molar-refractivity contribution is 0.0954. The molecule has 0 spiro atoms. The topological polar surface area (TPSA) is 29.1 Å². The van der Waals surface area contributed by atoms with E-state index in [4.69, 9.17) is 0 Å². The quantitative estimate of drug-likeness (QED) is 0.859. The molecule has 1 heterocycles. The van der Waals surface area contributed by atoms with Crippen LogP contribution in [0, 0.1) is 0 Å². The number of carbonyl (C=O) groups is 1. The molecule has 0 radical (unpaired) electrons. The molecular formula is C13H12BrNOS. The van der Waals surface area contributed by atoms with Crippen molar-refractivity contribution in [2.75, 3.05) is 6.54 Å². The van der Waals surface area contributed by atoms with E-state index in [1.807, 2.05) is 47.2 Å². The van der Waals surface area contributed by atoms with Gasteiger partial charge in [0.15, 0.2) is 0 Å². The Kier molecular flexibility index (Phi) is 4.34. The largest absolute Gasteiger partial charge is 0.351 e. The van der Waals surface area contributed by atoms with Gasteiger partial charge in [0.25, 0.3) is 5.91 Å². The Labute approximate surface area is 113 Å². The molecule has 1 aromatic carbocycles. The highest BCUT2D eigenvalue weighted by atomic mass is 79.9. The summed E-state index contributed by atoms with van der Waals surface area (Å²) in [4.78, 5) is 11.9. The van der Waals surface area contributed by atoms with E-state index in [2.05, 4.69) is 21.2 Å². The zero-order valence-corrected chi connectivity index (χ0v) is 11.5. The first-order valence-electron chi connectivity index (χ1n) is 5.27. The Balaban J connectivity index is 1.89. The Morgan fingerprint density at radius 3 is 2.71 bits per heavy atom. The maximum absolute atomic E-state index is 11.7. The van der Waals surface area contributed by atoms with Gasteiger partial charge in [-0.15, -0.1) is 0 Å². The molecule has 4 heteroatoms. The molecule has 1 amide bonds. The summed E-state index contributed by atoms with van der Waals surface area (Å²) in [6.07, 6.45) is 0. The van der Waals surface area contributed by atoms with Gasteiger partial charge in [-0.05, 0) is 17.0 Å². The Bertz CT molecular complexity index is 469. The van der Waals surface area contributed by atoms with Crippen molar-refractivity contribution in [2.24, 2.45) is 0 Å². The summed E-state index contributed by atoms with van der Waals surface area (Å²) in [6.45, 7) is 0.582. The summed E-state index contributed by atoms with van der Waals surface area (Å²) >= 11 is 5.09. The third-order valence-corrected chi connectivity index (χ3v) is 3.92. The highest BCUT2D eigenvalue weighted by molar-refractivity contribution is 9.09. The van der Waals surface area contributed by atoms with E-state index >= 15 is 0 Å². The van der Waals surface area contributed by atoms with Crippen molar-refractivity contribution in [3.63, 3.8) is 0 Å². The van der Waals surface area contributed by atoms with Crippen LogP contribution in [0.3, 0.4) is 0 Å². The van der Waals surface area contributed by atoms with Crippen LogP contribution < -0.4 is 5.32 Å². The number of hydrogen-bond donors (Lipinski definition) is 1. The van der Waals surface area contributed by atoms with Gasteiger partial charge in [-0.3, -0.25) is 4.79 Å². The number of carbonyl (C=O) groups excluding carboxylic acids is 1. The summed E-state index contributed by atoms with van der Waals surface area (Å²) in [6, 6.07) is 11.9. The van der Waals surface area contributed by atoms with Gasteiger partial charge in [0, 0.05) is 17.5 Å². The van der Waals surface area contributed by atoms with E-state index in [-0.39, 0.29) is 10.7 Å². The molecule has 1 unspecified atom stereocenters. The molecule has 0 aliphatic heterocycles. The Morgan fingerprint density at radius 2 is 2.06 bits per heavy atom. The van der Waals surface area contributed by atoms with Crippen molar-refractivity contribution in [3.05, 3.63) is 58.3 Å². The standard InChI is InChI=1S/C13H12BrNOS/c14-12(10-4-2-1-3-5-10)8-15-13(16)11-6-7-17-9-11/h1-7,9,12H,8H2,(H,15,16). The molecule has 88 valence electrons. The van der Waals surface area contributed by atoms with Gasteiger partial charge in [-0.25, -0.2) is 0 Å². The second-order valence-electron chi connectivity index (χ2n) is 3.60. The molecule has 1 aromatic heterocycles. The molecule has 0 aliphatic carbocycles. The minimum atomic E-state index is -0.0216. The zero-order valence-electron chi connectivity index (χ0n) is 9.10. The number of hydrogen-bond acceptors (Lipinski definition) is 2. The van der Waals surface area contributed by atoms with Crippen LogP contribution >= 0.6 is 27.3 Å². The molecule has 0 saturated carbocycles. The summed E-state index contributed by atoms with van der Waals surface area (Å²) in [7, 11) is 0. The van der Waals surface area contributed by atoms with Gasteiger partial charge < -0.3 is 5.32 Å². The van der Waals surface area contributed by atoms with Gasteiger partial charge in [0.1, 0.15) is 0 Å². The van der Waals surface area contributed by atoms with E-state index in [0.29, 0.717) is 6.54 Å². The highest BCUT2D eigenvalue weighted by Gasteiger charge is 2.10. The molecule has 1 N–H and O–H groups in total. The second kappa shape index (κ2) is 5.98. The summed E-state index contributed by atoms with van der Waals surface area (Å²) < 4.78 is 0. The first-order valence-corrected chi connectivity index (χ1v) is 7.12. The van der Waals surface area contributed by atoms with Crippen LogP contribution in [0.15, 0.2) is 47.2 Å². The van der Waals surface area contributed by atoms with Crippen LogP contribution in [0.2, 0.25) is 0 Å². The number of halogens is 1. The van der Waals surface area contributed by atoms with Gasteiger partial charge in [0.05, 0.1) is 4.83 Å². The number of alkyl halides is 1. The predicted molar refractivity (Wildman–Crippen MR) is 74.8 cm³/mol. The third kappa shape index (κ3) is 3.41. The average molecular weight is 310 g/mol. The van der Waals surface area contributed by atoms with Gasteiger partial charge in [0.2, 0.25) is 0 Å². The molecule has 0 saturated heterocycles. The third-order valence-electron chi connectivity index (χ3n) is 2.39. The van der Waals surface area contributed by atoms with Crippen LogP contribution in [-0.4, -0.2) is 12.5 Å². The Morgan fingerprint density at radius 1 is 1.29 bits per heavy atom.